The first-order chi connectivity index (χ1) is 6.57. The summed E-state index contributed by atoms with van der Waals surface area (Å²) in [7, 11) is 0. The summed E-state index contributed by atoms with van der Waals surface area (Å²) in [4.78, 5) is 22.4. The van der Waals surface area contributed by atoms with E-state index in [0.717, 1.165) is 6.20 Å². The summed E-state index contributed by atoms with van der Waals surface area (Å²) in [5, 5.41) is 3.21. The van der Waals surface area contributed by atoms with Crippen molar-refractivity contribution in [3.63, 3.8) is 0 Å². The number of aromatic nitrogens is 2. The number of hydrogen-bond donors (Lipinski definition) is 0. The van der Waals surface area contributed by atoms with Crippen LogP contribution in [0.15, 0.2) is 11.0 Å². The van der Waals surface area contributed by atoms with E-state index in [0.29, 0.717) is 4.68 Å². The molecule has 1 aromatic heterocycles. The van der Waals surface area contributed by atoms with Gasteiger partial charge in [0.05, 0.1) is 17.8 Å². The maximum absolute atomic E-state index is 11.3. The first-order valence-electron chi connectivity index (χ1n) is 3.68. The van der Waals surface area contributed by atoms with E-state index < -0.39 is 11.7 Å². The van der Waals surface area contributed by atoms with Gasteiger partial charge in [0.2, 0.25) is 0 Å². The van der Waals surface area contributed by atoms with Crippen LogP contribution in [-0.2, 0) is 4.74 Å². The number of ether oxygens (including phenoxy) is 1. The first-order valence-corrected chi connectivity index (χ1v) is 4.44. The van der Waals surface area contributed by atoms with E-state index in [-0.39, 0.29) is 16.7 Å². The van der Waals surface area contributed by atoms with Crippen molar-refractivity contribution in [2.24, 2.45) is 0 Å². The molecule has 0 spiro atoms. The standard InChI is InChI=1S/C7H6Cl2N2O3/c1-2-14-7(13)11-6(12)5(9)4(8)3-10-11/h3H,2H2,1H3. The maximum atomic E-state index is 11.3. The Kier molecular flexibility index (Phi) is 3.49. The molecule has 7 heteroatoms. The Bertz CT molecular complexity index is 416. The molecule has 0 saturated carbocycles. The van der Waals surface area contributed by atoms with Crippen molar-refractivity contribution in [2.75, 3.05) is 6.61 Å². The lowest BCUT2D eigenvalue weighted by Crippen LogP contribution is -2.30. The number of halogens is 2. The highest BCUT2D eigenvalue weighted by Gasteiger charge is 2.13. The van der Waals surface area contributed by atoms with Crippen LogP contribution in [0.1, 0.15) is 6.92 Å². The van der Waals surface area contributed by atoms with Gasteiger partial charge in [0.1, 0.15) is 5.02 Å². The summed E-state index contributed by atoms with van der Waals surface area (Å²) in [6.07, 6.45) is 0.221. The molecule has 0 aromatic carbocycles. The molecule has 0 fully saturated rings. The summed E-state index contributed by atoms with van der Waals surface area (Å²) in [5.41, 5.74) is -0.794. The van der Waals surface area contributed by atoms with E-state index in [1.54, 1.807) is 6.92 Å². The summed E-state index contributed by atoms with van der Waals surface area (Å²) in [5.74, 6) is 0. The zero-order valence-electron chi connectivity index (χ0n) is 7.16. The summed E-state index contributed by atoms with van der Waals surface area (Å²) in [6, 6.07) is 0. The van der Waals surface area contributed by atoms with Crippen LogP contribution >= 0.6 is 23.2 Å². The van der Waals surface area contributed by atoms with Crippen LogP contribution in [0, 0.1) is 0 Å². The van der Waals surface area contributed by atoms with Crippen molar-refractivity contribution in [2.45, 2.75) is 6.92 Å². The van der Waals surface area contributed by atoms with Gasteiger partial charge in [0.15, 0.2) is 0 Å². The van der Waals surface area contributed by atoms with E-state index in [1.165, 1.54) is 0 Å². The van der Waals surface area contributed by atoms with Crippen molar-refractivity contribution in [1.29, 1.82) is 0 Å². The molecule has 0 radical (unpaired) electrons. The Labute approximate surface area is 89.2 Å². The molecular weight excluding hydrogens is 231 g/mol. The highest BCUT2D eigenvalue weighted by molar-refractivity contribution is 6.41. The molecule has 0 aliphatic heterocycles. The zero-order chi connectivity index (χ0) is 10.7. The number of carbonyl (C=O) groups is 1. The first kappa shape index (κ1) is 11.0. The van der Waals surface area contributed by atoms with Crippen molar-refractivity contribution in [3.05, 3.63) is 26.6 Å². The van der Waals surface area contributed by atoms with Gasteiger partial charge in [-0.05, 0) is 6.92 Å². The normalized spacial score (nSPS) is 9.93. The van der Waals surface area contributed by atoms with E-state index in [4.69, 9.17) is 23.2 Å². The van der Waals surface area contributed by atoms with E-state index in [1.807, 2.05) is 0 Å². The van der Waals surface area contributed by atoms with E-state index >= 15 is 0 Å². The minimum atomic E-state index is -0.879. The molecule has 0 amide bonds. The second-order valence-corrected chi connectivity index (χ2v) is 3.01. The average molecular weight is 237 g/mol. The molecule has 1 rings (SSSR count). The number of hydrogen-bond acceptors (Lipinski definition) is 4. The lowest BCUT2D eigenvalue weighted by atomic mass is 10.5. The van der Waals surface area contributed by atoms with Crippen LogP contribution in [0.25, 0.3) is 0 Å². The molecule has 1 heterocycles. The molecule has 14 heavy (non-hydrogen) atoms. The molecule has 0 unspecified atom stereocenters. The van der Waals surface area contributed by atoms with Gasteiger partial charge in [-0.3, -0.25) is 4.79 Å². The predicted octanol–water partition coefficient (Wildman–Crippen LogP) is 1.55. The second-order valence-electron chi connectivity index (χ2n) is 2.22. The maximum Gasteiger partial charge on any atom is 0.438 e. The fraction of sp³-hybridized carbons (Fsp3) is 0.286. The van der Waals surface area contributed by atoms with Crippen LogP contribution in [0.5, 0.6) is 0 Å². The fourth-order valence-electron chi connectivity index (χ4n) is 0.727. The van der Waals surface area contributed by atoms with Gasteiger partial charge in [0.25, 0.3) is 5.56 Å². The SMILES string of the molecule is CCOC(=O)n1ncc(Cl)c(Cl)c1=O. The number of rotatable bonds is 1. The largest absolute Gasteiger partial charge is 0.448 e. The highest BCUT2D eigenvalue weighted by atomic mass is 35.5. The van der Waals surface area contributed by atoms with Gasteiger partial charge in [-0.15, -0.1) is 4.68 Å². The van der Waals surface area contributed by atoms with Crippen LogP contribution in [-0.4, -0.2) is 22.5 Å². The molecule has 0 aliphatic carbocycles. The Morgan fingerprint density at radius 2 is 2.29 bits per heavy atom. The summed E-state index contributed by atoms with van der Waals surface area (Å²) in [6.45, 7) is 1.76. The third-order valence-corrected chi connectivity index (χ3v) is 2.07. The lowest BCUT2D eigenvalue weighted by molar-refractivity contribution is 0.149. The topological polar surface area (TPSA) is 61.2 Å². The molecular formula is C7H6Cl2N2O3. The molecule has 5 nitrogen and oxygen atoms in total. The molecule has 0 atom stereocenters. The molecule has 1 aromatic rings. The molecule has 0 aliphatic rings. The van der Waals surface area contributed by atoms with Crippen molar-refractivity contribution < 1.29 is 9.53 Å². The molecule has 0 N–H and O–H groups in total. The quantitative estimate of drug-likeness (QED) is 0.743. The van der Waals surface area contributed by atoms with Crippen molar-refractivity contribution >= 4 is 29.3 Å². The second kappa shape index (κ2) is 4.43. The van der Waals surface area contributed by atoms with Crippen LogP contribution in [0.4, 0.5) is 4.79 Å². The zero-order valence-corrected chi connectivity index (χ0v) is 8.67. The Hall–Kier alpha value is -1.07. The van der Waals surface area contributed by atoms with Crippen molar-refractivity contribution in [3.8, 4) is 0 Å². The van der Waals surface area contributed by atoms with Gasteiger partial charge in [-0.25, -0.2) is 4.79 Å². The molecule has 0 saturated heterocycles. The number of carbonyl (C=O) groups excluding carboxylic acids is 1. The highest BCUT2D eigenvalue weighted by Crippen LogP contribution is 2.14. The van der Waals surface area contributed by atoms with Crippen LogP contribution in [0.2, 0.25) is 10.0 Å². The third kappa shape index (κ3) is 2.05. The number of nitrogens with zero attached hydrogens (tertiary/aromatic N) is 2. The average Bonchev–Trinajstić information content (AvgIpc) is 2.15. The van der Waals surface area contributed by atoms with Gasteiger partial charge in [-0.2, -0.15) is 5.10 Å². The Morgan fingerprint density at radius 3 is 2.86 bits per heavy atom. The van der Waals surface area contributed by atoms with Gasteiger partial charge in [-0.1, -0.05) is 23.2 Å². The van der Waals surface area contributed by atoms with Crippen LogP contribution < -0.4 is 5.56 Å². The summed E-state index contributed by atoms with van der Waals surface area (Å²) >= 11 is 11.0. The Balaban J connectivity index is 3.18. The smallest absolute Gasteiger partial charge is 0.438 e. The minimum absolute atomic E-state index is 0.00258. The van der Waals surface area contributed by atoms with Gasteiger partial charge >= 0.3 is 6.09 Å². The third-order valence-electron chi connectivity index (χ3n) is 1.32. The van der Waals surface area contributed by atoms with E-state index in [9.17, 15) is 9.59 Å². The van der Waals surface area contributed by atoms with Crippen LogP contribution in [0.3, 0.4) is 0 Å². The Morgan fingerprint density at radius 1 is 1.64 bits per heavy atom. The lowest BCUT2D eigenvalue weighted by Gasteiger charge is -2.03. The summed E-state index contributed by atoms with van der Waals surface area (Å²) < 4.78 is 5.08. The predicted molar refractivity (Wildman–Crippen MR) is 50.9 cm³/mol. The minimum Gasteiger partial charge on any atom is -0.448 e. The van der Waals surface area contributed by atoms with Gasteiger partial charge < -0.3 is 4.74 Å². The van der Waals surface area contributed by atoms with E-state index in [2.05, 4.69) is 9.84 Å². The monoisotopic (exact) mass is 236 g/mol. The molecule has 0 bridgehead atoms. The van der Waals surface area contributed by atoms with Gasteiger partial charge in [0, 0.05) is 0 Å². The fourth-order valence-corrected chi connectivity index (χ4v) is 0.981. The van der Waals surface area contributed by atoms with Crippen molar-refractivity contribution in [1.82, 2.24) is 9.78 Å². The molecule has 76 valence electrons.